The molecule has 0 heterocycles. The third-order valence-corrected chi connectivity index (χ3v) is 4.45. The van der Waals surface area contributed by atoms with E-state index in [0.717, 1.165) is 17.7 Å². The number of aliphatic imine (C=N–C) groups is 1. The van der Waals surface area contributed by atoms with E-state index in [9.17, 15) is 0 Å². The van der Waals surface area contributed by atoms with Gasteiger partial charge in [0, 0.05) is 31.4 Å². The van der Waals surface area contributed by atoms with Crippen molar-refractivity contribution in [1.29, 1.82) is 0 Å². The van der Waals surface area contributed by atoms with Crippen LogP contribution in [0.5, 0.6) is 0 Å². The lowest BCUT2D eigenvalue weighted by atomic mass is 9.76. The fourth-order valence-electron chi connectivity index (χ4n) is 3.42. The summed E-state index contributed by atoms with van der Waals surface area (Å²) in [6.07, 6.45) is 3.54. The van der Waals surface area contributed by atoms with Crippen molar-refractivity contribution in [3.63, 3.8) is 0 Å². The normalized spacial score (nSPS) is 14.6. The van der Waals surface area contributed by atoms with Crippen LogP contribution in [0.3, 0.4) is 0 Å². The molecule has 0 aliphatic carbocycles. The number of nitrogens with zero attached hydrogens (tertiary/aromatic N) is 1. The van der Waals surface area contributed by atoms with Crippen molar-refractivity contribution in [3.05, 3.63) is 53.6 Å². The van der Waals surface area contributed by atoms with E-state index in [-0.39, 0.29) is 0 Å². The Morgan fingerprint density at radius 3 is 2.08 bits per heavy atom. The lowest BCUT2D eigenvalue weighted by molar-refractivity contribution is 0.290. The van der Waals surface area contributed by atoms with Crippen molar-refractivity contribution in [2.45, 2.75) is 48.0 Å². The van der Waals surface area contributed by atoms with Crippen molar-refractivity contribution in [2.24, 2.45) is 22.2 Å². The Balaban J connectivity index is 3.22. The zero-order chi connectivity index (χ0) is 19.2. The van der Waals surface area contributed by atoms with E-state index in [1.165, 1.54) is 16.8 Å². The molecule has 0 saturated carbocycles. The molecule has 1 rings (SSSR count). The van der Waals surface area contributed by atoms with Crippen LogP contribution >= 0.6 is 0 Å². The van der Waals surface area contributed by atoms with Gasteiger partial charge in [0.25, 0.3) is 0 Å². The molecular formula is C23H36N2. The third kappa shape index (κ3) is 6.53. The summed E-state index contributed by atoms with van der Waals surface area (Å²) < 4.78 is 0. The van der Waals surface area contributed by atoms with Crippen LogP contribution < -0.4 is 5.32 Å². The molecular weight excluding hydrogens is 304 g/mol. The average molecular weight is 341 g/mol. The fraction of sp³-hybridized carbons (Fsp3) is 0.522. The molecule has 0 amide bonds. The average Bonchev–Trinajstić information content (AvgIpc) is 2.52. The first kappa shape index (κ1) is 21.2. The number of allylic oxidation sites excluding steroid dienone is 2. The predicted molar refractivity (Wildman–Crippen MR) is 113 cm³/mol. The molecule has 0 bridgehead atoms. The first-order valence-corrected chi connectivity index (χ1v) is 9.18. The van der Waals surface area contributed by atoms with Gasteiger partial charge in [-0.25, -0.2) is 0 Å². The van der Waals surface area contributed by atoms with Gasteiger partial charge in [0.1, 0.15) is 0 Å². The topological polar surface area (TPSA) is 24.4 Å². The first-order valence-electron chi connectivity index (χ1n) is 9.18. The molecule has 0 aliphatic heterocycles. The Bertz CT molecular complexity index is 623. The second-order valence-corrected chi connectivity index (χ2v) is 8.43. The van der Waals surface area contributed by atoms with Gasteiger partial charge in [-0.05, 0) is 42.7 Å². The molecule has 2 nitrogen and oxygen atoms in total. The first-order chi connectivity index (χ1) is 11.6. The molecule has 0 saturated heterocycles. The molecule has 2 atom stereocenters. The molecule has 2 unspecified atom stereocenters. The molecule has 1 aromatic rings. The van der Waals surface area contributed by atoms with Crippen LogP contribution in [0.4, 0.5) is 0 Å². The highest BCUT2D eigenvalue weighted by molar-refractivity contribution is 6.03. The van der Waals surface area contributed by atoms with E-state index in [0.29, 0.717) is 17.3 Å². The van der Waals surface area contributed by atoms with Crippen LogP contribution in [0.15, 0.2) is 47.5 Å². The second-order valence-electron chi connectivity index (χ2n) is 8.43. The number of hydrogen-bond donors (Lipinski definition) is 1. The van der Waals surface area contributed by atoms with Crippen LogP contribution in [-0.2, 0) is 0 Å². The summed E-state index contributed by atoms with van der Waals surface area (Å²) in [5, 5.41) is 3.10. The molecule has 1 N–H and O–H groups in total. The lowest BCUT2D eigenvalue weighted by Crippen LogP contribution is -2.25. The van der Waals surface area contributed by atoms with E-state index < -0.39 is 0 Å². The SMILES string of the molecule is C=C(NC)c1ccc(/C(=N/C)C(C=C(C)C)C(C)CC(C)(C)C)cc1. The number of hydrogen-bond acceptors (Lipinski definition) is 2. The summed E-state index contributed by atoms with van der Waals surface area (Å²) in [5.74, 6) is 0.855. The van der Waals surface area contributed by atoms with E-state index in [1.807, 2.05) is 14.1 Å². The summed E-state index contributed by atoms with van der Waals surface area (Å²) in [7, 11) is 3.81. The number of rotatable bonds is 7. The molecule has 25 heavy (non-hydrogen) atoms. The lowest BCUT2D eigenvalue weighted by Gasteiger charge is -2.29. The second kappa shape index (κ2) is 9.03. The molecule has 0 fully saturated rings. The van der Waals surface area contributed by atoms with Crippen molar-refractivity contribution in [1.82, 2.24) is 5.32 Å². The summed E-state index contributed by atoms with van der Waals surface area (Å²) >= 11 is 0. The Kier molecular flexibility index (Phi) is 7.66. The van der Waals surface area contributed by atoms with Gasteiger partial charge < -0.3 is 5.32 Å². The highest BCUT2D eigenvalue weighted by Crippen LogP contribution is 2.32. The Labute approximate surface area is 155 Å². The quantitative estimate of drug-likeness (QED) is 0.481. The summed E-state index contributed by atoms with van der Waals surface area (Å²) in [4.78, 5) is 4.69. The summed E-state index contributed by atoms with van der Waals surface area (Å²) in [6.45, 7) is 17.6. The van der Waals surface area contributed by atoms with Gasteiger partial charge in [-0.1, -0.05) is 70.2 Å². The predicted octanol–water partition coefficient (Wildman–Crippen LogP) is 5.95. The molecule has 1 aromatic carbocycles. The van der Waals surface area contributed by atoms with Gasteiger partial charge in [0.2, 0.25) is 0 Å². The molecule has 138 valence electrons. The Morgan fingerprint density at radius 1 is 1.16 bits per heavy atom. The van der Waals surface area contributed by atoms with Crippen molar-refractivity contribution in [2.75, 3.05) is 14.1 Å². The maximum Gasteiger partial charge on any atom is 0.0488 e. The summed E-state index contributed by atoms with van der Waals surface area (Å²) in [6, 6.07) is 8.56. The Hall–Kier alpha value is -1.83. The molecule has 0 spiro atoms. The minimum Gasteiger partial charge on any atom is -0.388 e. The van der Waals surface area contributed by atoms with Gasteiger partial charge in [0.05, 0.1) is 0 Å². The van der Waals surface area contributed by atoms with Crippen LogP contribution in [0.2, 0.25) is 0 Å². The fourth-order valence-corrected chi connectivity index (χ4v) is 3.42. The van der Waals surface area contributed by atoms with Gasteiger partial charge in [-0.3, -0.25) is 4.99 Å². The Morgan fingerprint density at radius 2 is 1.68 bits per heavy atom. The smallest absolute Gasteiger partial charge is 0.0488 e. The van der Waals surface area contributed by atoms with Crippen LogP contribution in [0, 0.1) is 17.3 Å². The standard InChI is InChI=1S/C23H36N2/c1-16(2)14-21(17(3)15-23(5,6)7)22(25-9)20-12-10-19(11-13-20)18(4)24-8/h10-14,17,21,24H,4,15H2,1-3,5-9H3/b25-22-. The van der Waals surface area contributed by atoms with Gasteiger partial charge in [-0.2, -0.15) is 0 Å². The minimum absolute atomic E-state index is 0.306. The van der Waals surface area contributed by atoms with E-state index >= 15 is 0 Å². The van der Waals surface area contributed by atoms with Crippen molar-refractivity contribution in [3.8, 4) is 0 Å². The molecule has 0 radical (unpaired) electrons. The van der Waals surface area contributed by atoms with Crippen LogP contribution in [-0.4, -0.2) is 19.8 Å². The monoisotopic (exact) mass is 340 g/mol. The highest BCUT2D eigenvalue weighted by atomic mass is 14.8. The van der Waals surface area contributed by atoms with Crippen LogP contribution in [0.25, 0.3) is 5.70 Å². The largest absolute Gasteiger partial charge is 0.388 e. The van der Waals surface area contributed by atoms with Gasteiger partial charge in [-0.15, -0.1) is 0 Å². The van der Waals surface area contributed by atoms with Crippen LogP contribution in [0.1, 0.15) is 59.1 Å². The molecule has 0 aromatic heterocycles. The molecule has 0 aliphatic rings. The van der Waals surface area contributed by atoms with E-state index in [1.54, 1.807) is 0 Å². The number of benzene rings is 1. The third-order valence-electron chi connectivity index (χ3n) is 4.45. The highest BCUT2D eigenvalue weighted by Gasteiger charge is 2.26. The van der Waals surface area contributed by atoms with E-state index in [2.05, 4.69) is 83.8 Å². The number of nitrogens with one attached hydrogen (secondary N) is 1. The zero-order valence-corrected chi connectivity index (χ0v) is 17.4. The van der Waals surface area contributed by atoms with Gasteiger partial charge in [0.15, 0.2) is 0 Å². The van der Waals surface area contributed by atoms with E-state index in [4.69, 9.17) is 4.99 Å². The zero-order valence-electron chi connectivity index (χ0n) is 17.4. The molecule has 2 heteroatoms. The maximum absolute atomic E-state index is 4.69. The van der Waals surface area contributed by atoms with Crippen molar-refractivity contribution >= 4 is 11.4 Å². The van der Waals surface area contributed by atoms with Gasteiger partial charge >= 0.3 is 0 Å². The summed E-state index contributed by atoms with van der Waals surface area (Å²) in [5.41, 5.74) is 6.05. The van der Waals surface area contributed by atoms with Crippen molar-refractivity contribution < 1.29 is 0 Å². The maximum atomic E-state index is 4.69. The minimum atomic E-state index is 0.306.